The van der Waals surface area contributed by atoms with E-state index in [1.54, 1.807) is 0 Å². The third-order valence-electron chi connectivity index (χ3n) is 5.23. The lowest BCUT2D eigenvalue weighted by Gasteiger charge is -2.23. The van der Waals surface area contributed by atoms with Gasteiger partial charge in [0.1, 0.15) is 0 Å². The number of hydrogen-bond donors (Lipinski definition) is 1. The number of nitrogens with zero attached hydrogens (tertiary/aromatic N) is 3. The van der Waals surface area contributed by atoms with Gasteiger partial charge < -0.3 is 4.57 Å². The van der Waals surface area contributed by atoms with E-state index in [9.17, 15) is 4.79 Å². The van der Waals surface area contributed by atoms with Crippen molar-refractivity contribution in [3.05, 3.63) is 60.2 Å². The monoisotopic (exact) mass is 362 g/mol. The lowest BCUT2D eigenvalue weighted by molar-refractivity contribution is -0.120. The number of aryl methyl sites for hydroxylation is 1. The molecular formula is C22H26N4O. The molecule has 2 heterocycles. The fourth-order valence-electron chi connectivity index (χ4n) is 3.94. The number of anilines is 1. The molecule has 1 saturated heterocycles. The third-order valence-corrected chi connectivity index (χ3v) is 5.23. The molecule has 0 saturated carbocycles. The van der Waals surface area contributed by atoms with Gasteiger partial charge in [-0.25, -0.2) is 4.98 Å². The van der Waals surface area contributed by atoms with Crippen molar-refractivity contribution in [2.24, 2.45) is 0 Å². The first kappa shape index (κ1) is 17.7. The molecule has 1 aromatic heterocycles. The molecule has 27 heavy (non-hydrogen) atoms. The van der Waals surface area contributed by atoms with Gasteiger partial charge in [0.25, 0.3) is 0 Å². The van der Waals surface area contributed by atoms with E-state index in [0.717, 1.165) is 49.9 Å². The van der Waals surface area contributed by atoms with Gasteiger partial charge in [-0.3, -0.25) is 15.0 Å². The Morgan fingerprint density at radius 1 is 1.15 bits per heavy atom. The summed E-state index contributed by atoms with van der Waals surface area (Å²) in [7, 11) is 0. The summed E-state index contributed by atoms with van der Waals surface area (Å²) in [5.74, 6) is 0.714. The van der Waals surface area contributed by atoms with Crippen LogP contribution >= 0.6 is 0 Å². The average molecular weight is 362 g/mol. The van der Waals surface area contributed by atoms with Crippen molar-refractivity contribution in [3.63, 3.8) is 0 Å². The van der Waals surface area contributed by atoms with Gasteiger partial charge in [0.2, 0.25) is 11.9 Å². The summed E-state index contributed by atoms with van der Waals surface area (Å²) in [4.78, 5) is 20.0. The maximum absolute atomic E-state index is 13.0. The topological polar surface area (TPSA) is 50.2 Å². The molecule has 0 bridgehead atoms. The molecular weight excluding hydrogens is 336 g/mol. The number of carbonyl (C=O) groups excluding carboxylic acids is 1. The van der Waals surface area contributed by atoms with Crippen molar-refractivity contribution in [2.45, 2.75) is 45.3 Å². The van der Waals surface area contributed by atoms with Gasteiger partial charge >= 0.3 is 0 Å². The van der Waals surface area contributed by atoms with Crippen LogP contribution in [-0.2, 0) is 17.9 Å². The van der Waals surface area contributed by atoms with Crippen molar-refractivity contribution in [3.8, 4) is 0 Å². The molecule has 1 unspecified atom stereocenters. The minimum atomic E-state index is -0.0971. The number of rotatable bonds is 6. The Hall–Kier alpha value is -2.66. The molecule has 0 aliphatic carbocycles. The van der Waals surface area contributed by atoms with Crippen LogP contribution in [0.2, 0.25) is 0 Å². The second-order valence-corrected chi connectivity index (χ2v) is 7.18. The molecule has 1 amide bonds. The summed E-state index contributed by atoms with van der Waals surface area (Å²) in [5, 5.41) is 3.11. The zero-order valence-corrected chi connectivity index (χ0v) is 15.8. The Morgan fingerprint density at radius 3 is 2.74 bits per heavy atom. The van der Waals surface area contributed by atoms with Gasteiger partial charge in [0.15, 0.2) is 0 Å². The van der Waals surface area contributed by atoms with Gasteiger partial charge in [-0.1, -0.05) is 49.4 Å². The van der Waals surface area contributed by atoms with Gasteiger partial charge in [0, 0.05) is 13.1 Å². The normalized spacial score (nSPS) is 17.4. The molecule has 3 aromatic rings. The van der Waals surface area contributed by atoms with Crippen molar-refractivity contribution in [2.75, 3.05) is 11.9 Å². The molecule has 1 atom stereocenters. The first-order valence-corrected chi connectivity index (χ1v) is 9.80. The number of benzene rings is 2. The van der Waals surface area contributed by atoms with E-state index in [0.29, 0.717) is 5.95 Å². The molecule has 1 N–H and O–H groups in total. The van der Waals surface area contributed by atoms with Crippen molar-refractivity contribution in [1.82, 2.24) is 14.5 Å². The summed E-state index contributed by atoms with van der Waals surface area (Å²) in [6.07, 6.45) is 2.94. The van der Waals surface area contributed by atoms with Crippen LogP contribution in [0.5, 0.6) is 0 Å². The highest BCUT2D eigenvalue weighted by molar-refractivity contribution is 5.95. The zero-order valence-electron chi connectivity index (χ0n) is 15.8. The molecule has 1 aliphatic rings. The number of nitrogens with one attached hydrogen (secondary N) is 1. The van der Waals surface area contributed by atoms with Crippen LogP contribution in [0, 0.1) is 0 Å². The summed E-state index contributed by atoms with van der Waals surface area (Å²) < 4.78 is 2.11. The minimum absolute atomic E-state index is 0.0519. The SMILES string of the molecule is CCCn1c(NC(=O)C2CCCN2Cc2ccccc2)nc2ccccc21. The standard InChI is InChI=1S/C22H26N4O/c1-2-14-26-19-12-7-6-11-18(19)23-22(26)24-21(27)20-13-8-15-25(20)16-17-9-4-3-5-10-17/h3-7,9-12,20H,2,8,13-16H2,1H3,(H,23,24,27). The number of para-hydroxylation sites is 2. The highest BCUT2D eigenvalue weighted by Crippen LogP contribution is 2.24. The van der Waals surface area contributed by atoms with E-state index in [1.807, 2.05) is 36.4 Å². The first-order chi connectivity index (χ1) is 13.3. The van der Waals surface area contributed by atoms with E-state index >= 15 is 0 Å². The number of aromatic nitrogens is 2. The number of amides is 1. The lowest BCUT2D eigenvalue weighted by Crippen LogP contribution is -2.39. The quantitative estimate of drug-likeness (QED) is 0.720. The predicted octanol–water partition coefficient (Wildman–Crippen LogP) is 4.05. The summed E-state index contributed by atoms with van der Waals surface area (Å²) >= 11 is 0. The highest BCUT2D eigenvalue weighted by atomic mass is 16.2. The second-order valence-electron chi connectivity index (χ2n) is 7.18. The summed E-state index contributed by atoms with van der Waals surface area (Å²) in [5.41, 5.74) is 3.24. The second kappa shape index (κ2) is 7.92. The summed E-state index contributed by atoms with van der Waals surface area (Å²) in [6, 6.07) is 18.3. The molecule has 4 rings (SSSR count). The Bertz CT molecular complexity index is 918. The Balaban J connectivity index is 1.53. The maximum Gasteiger partial charge on any atom is 0.244 e. The van der Waals surface area contributed by atoms with Crippen molar-refractivity contribution < 1.29 is 4.79 Å². The molecule has 1 fully saturated rings. The number of fused-ring (bicyclic) bond motifs is 1. The average Bonchev–Trinajstić information content (AvgIpc) is 3.28. The van der Waals surface area contributed by atoms with Crippen LogP contribution in [0.4, 0.5) is 5.95 Å². The van der Waals surface area contributed by atoms with Crippen LogP contribution in [0.25, 0.3) is 11.0 Å². The van der Waals surface area contributed by atoms with Crippen molar-refractivity contribution in [1.29, 1.82) is 0 Å². The Labute approximate surface area is 160 Å². The minimum Gasteiger partial charge on any atom is -0.310 e. The predicted molar refractivity (Wildman–Crippen MR) is 109 cm³/mol. The van der Waals surface area contributed by atoms with E-state index in [2.05, 4.69) is 44.9 Å². The smallest absolute Gasteiger partial charge is 0.244 e. The number of hydrogen-bond acceptors (Lipinski definition) is 3. The molecule has 0 spiro atoms. The molecule has 0 radical (unpaired) electrons. The van der Waals surface area contributed by atoms with Crippen LogP contribution in [-0.4, -0.2) is 32.9 Å². The maximum atomic E-state index is 13.0. The molecule has 140 valence electrons. The van der Waals surface area contributed by atoms with Gasteiger partial charge in [-0.05, 0) is 43.5 Å². The lowest BCUT2D eigenvalue weighted by atomic mass is 10.1. The van der Waals surface area contributed by atoms with Gasteiger partial charge in [0.05, 0.1) is 17.1 Å². The molecule has 2 aromatic carbocycles. The third kappa shape index (κ3) is 3.74. The van der Waals surface area contributed by atoms with Gasteiger partial charge in [-0.15, -0.1) is 0 Å². The van der Waals surface area contributed by atoms with E-state index in [-0.39, 0.29) is 11.9 Å². The molecule has 1 aliphatic heterocycles. The molecule has 5 nitrogen and oxygen atoms in total. The van der Waals surface area contributed by atoms with Crippen LogP contribution in [0.15, 0.2) is 54.6 Å². The number of carbonyl (C=O) groups is 1. The largest absolute Gasteiger partial charge is 0.310 e. The van der Waals surface area contributed by atoms with E-state index < -0.39 is 0 Å². The zero-order chi connectivity index (χ0) is 18.6. The van der Waals surface area contributed by atoms with Crippen LogP contribution < -0.4 is 5.32 Å². The van der Waals surface area contributed by atoms with E-state index in [4.69, 9.17) is 0 Å². The fraction of sp³-hybridized carbons (Fsp3) is 0.364. The number of imidazole rings is 1. The Kier molecular flexibility index (Phi) is 5.21. The van der Waals surface area contributed by atoms with Crippen LogP contribution in [0.3, 0.4) is 0 Å². The Morgan fingerprint density at radius 2 is 1.93 bits per heavy atom. The number of likely N-dealkylation sites (tertiary alicyclic amines) is 1. The summed E-state index contributed by atoms with van der Waals surface area (Å²) in [6.45, 7) is 4.75. The molecule has 5 heteroatoms. The van der Waals surface area contributed by atoms with Crippen molar-refractivity contribution >= 4 is 22.9 Å². The highest BCUT2D eigenvalue weighted by Gasteiger charge is 2.31. The van der Waals surface area contributed by atoms with E-state index in [1.165, 1.54) is 5.56 Å². The first-order valence-electron chi connectivity index (χ1n) is 9.80. The van der Waals surface area contributed by atoms with Crippen LogP contribution in [0.1, 0.15) is 31.7 Å². The van der Waals surface area contributed by atoms with Gasteiger partial charge in [-0.2, -0.15) is 0 Å². The fourth-order valence-corrected chi connectivity index (χ4v) is 3.94.